The molecule has 0 bridgehead atoms. The molecule has 10 heteroatoms. The van der Waals surface area contributed by atoms with Crippen LogP contribution < -0.4 is 5.32 Å². The first-order chi connectivity index (χ1) is 9.58. The van der Waals surface area contributed by atoms with Crippen molar-refractivity contribution in [3.8, 4) is 0 Å². The molecular weight excluding hydrogens is 361 g/mol. The average Bonchev–Trinajstić information content (AvgIpc) is 2.68. The molecule has 2 rings (SSSR count). The largest absolute Gasteiger partial charge is 0.326 e. The topological polar surface area (TPSA) is 97.4 Å². The zero-order valence-electron chi connectivity index (χ0n) is 10.5. The maximum absolute atomic E-state index is 11.9. The molecule has 1 aromatic rings. The third kappa shape index (κ3) is 4.09. The van der Waals surface area contributed by atoms with E-state index in [1.165, 1.54) is 18.2 Å². The molecule has 1 atom stereocenters. The molecule has 1 amide bonds. The molecule has 1 aliphatic rings. The van der Waals surface area contributed by atoms with Crippen LogP contribution in [0.4, 0.5) is 5.69 Å². The first-order valence-corrected chi connectivity index (χ1v) is 10.3. The van der Waals surface area contributed by atoms with Gasteiger partial charge in [0.1, 0.15) is 4.90 Å². The monoisotopic (exact) mass is 371 g/mol. The Morgan fingerprint density at radius 2 is 2.00 bits per heavy atom. The average molecular weight is 372 g/mol. The number of carbonyl (C=O) groups excluding carboxylic acids is 1. The summed E-state index contributed by atoms with van der Waals surface area (Å²) in [5, 5.41) is 2.39. The van der Waals surface area contributed by atoms with E-state index in [1.807, 2.05) is 0 Å². The maximum atomic E-state index is 11.9. The van der Waals surface area contributed by atoms with Gasteiger partial charge in [0.2, 0.25) is 5.91 Å². The second-order valence-electron chi connectivity index (χ2n) is 4.67. The Morgan fingerprint density at radius 3 is 2.48 bits per heavy atom. The van der Waals surface area contributed by atoms with Crippen molar-refractivity contribution in [2.75, 3.05) is 16.8 Å². The molecule has 0 aromatic heterocycles. The molecule has 1 aromatic carbocycles. The molecule has 0 radical (unpaired) electrons. The number of amides is 1. The lowest BCUT2D eigenvalue weighted by Gasteiger charge is -2.10. The Kier molecular flexibility index (Phi) is 4.53. The minimum absolute atomic E-state index is 0.00469. The predicted octanol–water partition coefficient (Wildman–Crippen LogP) is 1.64. The molecule has 1 heterocycles. The Labute approximate surface area is 131 Å². The number of rotatable bonds is 3. The zero-order chi connectivity index (χ0) is 15.8. The normalized spacial score (nSPS) is 21.1. The zero-order valence-corrected chi connectivity index (χ0v) is 13.7. The lowest BCUT2D eigenvalue weighted by atomic mass is 10.1. The van der Waals surface area contributed by atoms with Gasteiger partial charge in [-0.05, 0) is 24.6 Å². The van der Waals surface area contributed by atoms with Crippen LogP contribution in [0, 0.1) is 5.92 Å². The summed E-state index contributed by atoms with van der Waals surface area (Å²) in [4.78, 5) is 11.7. The van der Waals surface area contributed by atoms with Crippen molar-refractivity contribution in [2.24, 2.45) is 5.92 Å². The smallest absolute Gasteiger partial charge is 0.262 e. The van der Waals surface area contributed by atoms with E-state index in [-0.39, 0.29) is 33.5 Å². The van der Waals surface area contributed by atoms with Crippen LogP contribution in [0.2, 0.25) is 5.02 Å². The fourth-order valence-corrected chi connectivity index (χ4v) is 5.29. The lowest BCUT2D eigenvalue weighted by Crippen LogP contribution is -2.23. The highest BCUT2D eigenvalue weighted by Gasteiger charge is 2.33. The molecule has 116 valence electrons. The Balaban J connectivity index is 2.14. The summed E-state index contributed by atoms with van der Waals surface area (Å²) in [6.45, 7) is 0. The van der Waals surface area contributed by atoms with Gasteiger partial charge >= 0.3 is 0 Å². The van der Waals surface area contributed by atoms with Gasteiger partial charge in [0.25, 0.3) is 9.05 Å². The van der Waals surface area contributed by atoms with Crippen molar-refractivity contribution < 1.29 is 21.6 Å². The number of halogens is 2. The van der Waals surface area contributed by atoms with Crippen LogP contribution in [0.3, 0.4) is 0 Å². The van der Waals surface area contributed by atoms with E-state index in [4.69, 9.17) is 22.3 Å². The summed E-state index contributed by atoms with van der Waals surface area (Å²) in [6.07, 6.45) is 0.274. The standard InChI is InChI=1S/C11H11Cl2NO5S2/c12-9-5-8(1-2-10(9)21(13,18)19)14-11(15)7-3-4-20(16,17)6-7/h1-2,5,7H,3-4,6H2,(H,14,15). The van der Waals surface area contributed by atoms with Crippen LogP contribution in [-0.4, -0.2) is 34.2 Å². The van der Waals surface area contributed by atoms with Gasteiger partial charge in [-0.3, -0.25) is 4.79 Å². The second-order valence-corrected chi connectivity index (χ2v) is 9.84. The summed E-state index contributed by atoms with van der Waals surface area (Å²) in [7, 11) is -1.92. The lowest BCUT2D eigenvalue weighted by molar-refractivity contribution is -0.119. The van der Waals surface area contributed by atoms with E-state index in [0.29, 0.717) is 0 Å². The third-order valence-corrected chi connectivity index (χ3v) is 6.64. The van der Waals surface area contributed by atoms with E-state index in [0.717, 1.165) is 0 Å². The molecule has 21 heavy (non-hydrogen) atoms. The van der Waals surface area contributed by atoms with Crippen LogP contribution in [-0.2, 0) is 23.7 Å². The predicted molar refractivity (Wildman–Crippen MR) is 79.9 cm³/mol. The Hall–Kier alpha value is -0.830. The van der Waals surface area contributed by atoms with Gasteiger partial charge in [-0.1, -0.05) is 11.6 Å². The number of benzene rings is 1. The van der Waals surface area contributed by atoms with E-state index in [2.05, 4.69) is 5.32 Å². The molecule has 0 saturated carbocycles. The first kappa shape index (κ1) is 16.5. The van der Waals surface area contributed by atoms with Crippen molar-refractivity contribution in [1.82, 2.24) is 0 Å². The molecule has 0 spiro atoms. The van der Waals surface area contributed by atoms with Gasteiger partial charge in [0.05, 0.1) is 22.4 Å². The van der Waals surface area contributed by atoms with E-state index < -0.39 is 30.7 Å². The van der Waals surface area contributed by atoms with Crippen molar-refractivity contribution in [3.63, 3.8) is 0 Å². The summed E-state index contributed by atoms with van der Waals surface area (Å²) in [5.41, 5.74) is 0.276. The SMILES string of the molecule is O=C(Nc1ccc(S(=O)(=O)Cl)c(Cl)c1)C1CCS(=O)(=O)C1. The molecule has 1 fully saturated rings. The number of nitrogens with one attached hydrogen (secondary N) is 1. The molecule has 1 saturated heterocycles. The van der Waals surface area contributed by atoms with Crippen molar-refractivity contribution >= 4 is 52.8 Å². The molecule has 1 unspecified atom stereocenters. The number of sulfone groups is 1. The summed E-state index contributed by atoms with van der Waals surface area (Å²) >= 11 is 5.79. The van der Waals surface area contributed by atoms with Gasteiger partial charge in [-0.25, -0.2) is 16.8 Å². The fourth-order valence-electron chi connectivity index (χ4n) is 2.02. The minimum Gasteiger partial charge on any atom is -0.326 e. The highest BCUT2D eigenvalue weighted by molar-refractivity contribution is 8.13. The quantitative estimate of drug-likeness (QED) is 0.814. The van der Waals surface area contributed by atoms with Gasteiger partial charge in [-0.15, -0.1) is 0 Å². The summed E-state index contributed by atoms with van der Waals surface area (Å²) < 4.78 is 45.0. The van der Waals surface area contributed by atoms with E-state index >= 15 is 0 Å². The van der Waals surface area contributed by atoms with Crippen LogP contribution in [0.15, 0.2) is 23.1 Å². The van der Waals surface area contributed by atoms with Crippen molar-refractivity contribution in [2.45, 2.75) is 11.3 Å². The van der Waals surface area contributed by atoms with Crippen LogP contribution in [0.1, 0.15) is 6.42 Å². The van der Waals surface area contributed by atoms with Crippen LogP contribution in [0.5, 0.6) is 0 Å². The van der Waals surface area contributed by atoms with Crippen molar-refractivity contribution in [1.29, 1.82) is 0 Å². The highest BCUT2D eigenvalue weighted by atomic mass is 35.7. The second kappa shape index (κ2) is 5.75. The Morgan fingerprint density at radius 1 is 1.33 bits per heavy atom. The molecule has 1 aliphatic heterocycles. The number of anilines is 1. The van der Waals surface area contributed by atoms with E-state index in [1.54, 1.807) is 0 Å². The fraction of sp³-hybridized carbons (Fsp3) is 0.364. The number of hydrogen-bond acceptors (Lipinski definition) is 5. The van der Waals surface area contributed by atoms with Gasteiger partial charge < -0.3 is 5.32 Å². The molecular formula is C11H11Cl2NO5S2. The number of carbonyl (C=O) groups is 1. The first-order valence-electron chi connectivity index (χ1n) is 5.84. The van der Waals surface area contributed by atoms with Gasteiger partial charge in [0, 0.05) is 16.4 Å². The number of hydrogen-bond donors (Lipinski definition) is 1. The van der Waals surface area contributed by atoms with Gasteiger partial charge in [0.15, 0.2) is 9.84 Å². The molecule has 1 N–H and O–H groups in total. The minimum atomic E-state index is -3.96. The molecule has 6 nitrogen and oxygen atoms in total. The molecule has 0 aliphatic carbocycles. The van der Waals surface area contributed by atoms with Crippen LogP contribution >= 0.6 is 22.3 Å². The summed E-state index contributed by atoms with van der Waals surface area (Å²) in [5.74, 6) is -1.23. The highest BCUT2D eigenvalue weighted by Crippen LogP contribution is 2.28. The summed E-state index contributed by atoms with van der Waals surface area (Å²) in [6, 6.07) is 3.76. The van der Waals surface area contributed by atoms with Crippen molar-refractivity contribution in [3.05, 3.63) is 23.2 Å². The van der Waals surface area contributed by atoms with Gasteiger partial charge in [-0.2, -0.15) is 0 Å². The van der Waals surface area contributed by atoms with Crippen LogP contribution in [0.25, 0.3) is 0 Å². The maximum Gasteiger partial charge on any atom is 0.262 e. The third-order valence-electron chi connectivity index (χ3n) is 3.07. The Bertz CT molecular complexity index is 789. The van der Waals surface area contributed by atoms with E-state index in [9.17, 15) is 21.6 Å².